The van der Waals surface area contributed by atoms with Crippen LogP contribution in [0.25, 0.3) is 0 Å². The van der Waals surface area contributed by atoms with E-state index < -0.39 is 0 Å². The van der Waals surface area contributed by atoms with Crippen molar-refractivity contribution in [3.05, 3.63) is 30.3 Å². The van der Waals surface area contributed by atoms with E-state index in [9.17, 15) is 0 Å². The van der Waals surface area contributed by atoms with Gasteiger partial charge in [0.15, 0.2) is 0 Å². The van der Waals surface area contributed by atoms with Crippen LogP contribution in [-0.4, -0.2) is 18.7 Å². The van der Waals surface area contributed by atoms with Crippen LogP contribution in [0.5, 0.6) is 5.75 Å². The monoisotopic (exact) mass is 219 g/mol. The van der Waals surface area contributed by atoms with Crippen LogP contribution in [0, 0.1) is 0 Å². The summed E-state index contributed by atoms with van der Waals surface area (Å²) in [4.78, 5) is 0. The highest BCUT2D eigenvalue weighted by Gasteiger charge is 2.23. The maximum absolute atomic E-state index is 6.04. The predicted molar refractivity (Wildman–Crippen MR) is 66.8 cm³/mol. The summed E-state index contributed by atoms with van der Waals surface area (Å²) in [6.45, 7) is 3.34. The van der Waals surface area contributed by atoms with Crippen molar-refractivity contribution in [1.29, 1.82) is 0 Å². The van der Waals surface area contributed by atoms with Crippen LogP contribution in [0.4, 0.5) is 0 Å². The zero-order chi connectivity index (χ0) is 11.2. The summed E-state index contributed by atoms with van der Waals surface area (Å²) < 4.78 is 6.04. The molecule has 0 amide bonds. The first-order chi connectivity index (χ1) is 7.90. The second-order valence-corrected chi connectivity index (χ2v) is 4.43. The van der Waals surface area contributed by atoms with E-state index >= 15 is 0 Å². The van der Waals surface area contributed by atoms with Gasteiger partial charge in [-0.2, -0.15) is 0 Å². The molecule has 0 radical (unpaired) electrons. The first-order valence-corrected chi connectivity index (χ1v) is 6.35. The Hall–Kier alpha value is -1.02. The lowest BCUT2D eigenvalue weighted by Gasteiger charge is -2.31. The van der Waals surface area contributed by atoms with Gasteiger partial charge in [-0.05, 0) is 37.9 Å². The number of para-hydroxylation sites is 1. The maximum Gasteiger partial charge on any atom is 0.119 e. The van der Waals surface area contributed by atoms with Crippen molar-refractivity contribution < 1.29 is 4.74 Å². The topological polar surface area (TPSA) is 21.3 Å². The smallest absolute Gasteiger partial charge is 0.119 e. The van der Waals surface area contributed by atoms with Gasteiger partial charge >= 0.3 is 0 Å². The van der Waals surface area contributed by atoms with Crippen molar-refractivity contribution >= 4 is 0 Å². The molecule has 0 aromatic heterocycles. The Morgan fingerprint density at radius 3 is 2.75 bits per heavy atom. The summed E-state index contributed by atoms with van der Waals surface area (Å²) >= 11 is 0. The van der Waals surface area contributed by atoms with Crippen molar-refractivity contribution in [3.63, 3.8) is 0 Å². The van der Waals surface area contributed by atoms with Gasteiger partial charge in [0.05, 0.1) is 0 Å². The lowest BCUT2D eigenvalue weighted by Crippen LogP contribution is -2.45. The Morgan fingerprint density at radius 1 is 1.31 bits per heavy atom. The lowest BCUT2D eigenvalue weighted by molar-refractivity contribution is 0.132. The number of nitrogens with one attached hydrogen (secondary N) is 1. The minimum absolute atomic E-state index is 0.308. The number of hydrogen-bond acceptors (Lipinski definition) is 2. The summed E-state index contributed by atoms with van der Waals surface area (Å²) in [6, 6.07) is 10.7. The molecule has 1 N–H and O–H groups in total. The summed E-state index contributed by atoms with van der Waals surface area (Å²) in [7, 11) is 0. The maximum atomic E-state index is 6.04. The standard InChI is InChI=1S/C14H21NO/c1-2-14(13-10-6-7-11-15-13)16-12-8-4-3-5-9-12/h3-5,8-9,13-15H,2,6-7,10-11H2,1H3. The van der Waals surface area contributed by atoms with Crippen LogP contribution in [0.1, 0.15) is 32.6 Å². The van der Waals surface area contributed by atoms with E-state index in [2.05, 4.69) is 12.2 Å². The van der Waals surface area contributed by atoms with Crippen LogP contribution in [0.2, 0.25) is 0 Å². The molecule has 2 rings (SSSR count). The van der Waals surface area contributed by atoms with E-state index in [1.165, 1.54) is 19.3 Å². The molecule has 88 valence electrons. The van der Waals surface area contributed by atoms with Crippen LogP contribution in [0.15, 0.2) is 30.3 Å². The third kappa shape index (κ3) is 2.99. The van der Waals surface area contributed by atoms with Crippen molar-refractivity contribution in [2.24, 2.45) is 0 Å². The first kappa shape index (κ1) is 11.5. The van der Waals surface area contributed by atoms with Gasteiger partial charge in [0.2, 0.25) is 0 Å². The molecule has 2 unspecified atom stereocenters. The largest absolute Gasteiger partial charge is 0.489 e. The number of hydrogen-bond donors (Lipinski definition) is 1. The van der Waals surface area contributed by atoms with E-state index in [1.807, 2.05) is 30.3 Å². The Bertz CT molecular complexity index is 293. The van der Waals surface area contributed by atoms with E-state index in [0.717, 1.165) is 18.7 Å². The summed E-state index contributed by atoms with van der Waals surface area (Å²) in [5.41, 5.74) is 0. The summed E-state index contributed by atoms with van der Waals surface area (Å²) in [5.74, 6) is 0.988. The van der Waals surface area contributed by atoms with E-state index in [-0.39, 0.29) is 0 Å². The summed E-state index contributed by atoms with van der Waals surface area (Å²) in [6.07, 6.45) is 5.24. The SMILES string of the molecule is CCC(Oc1ccccc1)C1CCCCN1. The molecular weight excluding hydrogens is 198 g/mol. The van der Waals surface area contributed by atoms with E-state index in [0.29, 0.717) is 12.1 Å². The Kier molecular flexibility index (Phi) is 4.23. The molecule has 1 saturated heterocycles. The van der Waals surface area contributed by atoms with Gasteiger partial charge in [-0.3, -0.25) is 0 Å². The van der Waals surface area contributed by atoms with Gasteiger partial charge in [0, 0.05) is 6.04 Å². The molecule has 2 atom stereocenters. The average Bonchev–Trinajstić information content (AvgIpc) is 2.38. The van der Waals surface area contributed by atoms with Gasteiger partial charge < -0.3 is 10.1 Å². The van der Waals surface area contributed by atoms with Gasteiger partial charge in [-0.15, -0.1) is 0 Å². The molecule has 2 nitrogen and oxygen atoms in total. The molecule has 1 aliphatic rings. The van der Waals surface area contributed by atoms with E-state index in [4.69, 9.17) is 4.74 Å². The molecule has 1 fully saturated rings. The number of piperidine rings is 1. The lowest BCUT2D eigenvalue weighted by atomic mass is 9.98. The quantitative estimate of drug-likeness (QED) is 0.840. The molecule has 1 aromatic rings. The van der Waals surface area contributed by atoms with Gasteiger partial charge in [-0.25, -0.2) is 0 Å². The Balaban J connectivity index is 1.94. The molecule has 2 heteroatoms. The summed E-state index contributed by atoms with van der Waals surface area (Å²) in [5, 5.41) is 3.57. The molecule has 1 aromatic carbocycles. The van der Waals surface area contributed by atoms with Crippen LogP contribution >= 0.6 is 0 Å². The Morgan fingerprint density at radius 2 is 2.12 bits per heavy atom. The van der Waals surface area contributed by atoms with Gasteiger partial charge in [0.25, 0.3) is 0 Å². The van der Waals surface area contributed by atoms with Gasteiger partial charge in [-0.1, -0.05) is 31.5 Å². The van der Waals surface area contributed by atoms with Crippen LogP contribution in [-0.2, 0) is 0 Å². The first-order valence-electron chi connectivity index (χ1n) is 6.35. The molecular formula is C14H21NO. The highest BCUT2D eigenvalue weighted by molar-refractivity contribution is 5.21. The molecule has 0 aliphatic carbocycles. The van der Waals surface area contributed by atoms with Crippen molar-refractivity contribution in [2.75, 3.05) is 6.54 Å². The average molecular weight is 219 g/mol. The minimum Gasteiger partial charge on any atom is -0.489 e. The normalized spacial score (nSPS) is 22.7. The zero-order valence-electron chi connectivity index (χ0n) is 9.99. The number of benzene rings is 1. The predicted octanol–water partition coefficient (Wildman–Crippen LogP) is 2.99. The molecule has 0 saturated carbocycles. The van der Waals surface area contributed by atoms with E-state index in [1.54, 1.807) is 0 Å². The third-order valence-corrected chi connectivity index (χ3v) is 3.23. The Labute approximate surface area is 98.0 Å². The second-order valence-electron chi connectivity index (χ2n) is 4.43. The van der Waals surface area contributed by atoms with Crippen molar-refractivity contribution in [2.45, 2.75) is 44.8 Å². The number of rotatable bonds is 4. The number of ether oxygens (including phenoxy) is 1. The van der Waals surface area contributed by atoms with Crippen molar-refractivity contribution in [3.8, 4) is 5.75 Å². The zero-order valence-corrected chi connectivity index (χ0v) is 9.99. The second kappa shape index (κ2) is 5.90. The fourth-order valence-electron chi connectivity index (χ4n) is 2.32. The fraction of sp³-hybridized carbons (Fsp3) is 0.571. The fourth-order valence-corrected chi connectivity index (χ4v) is 2.32. The third-order valence-electron chi connectivity index (χ3n) is 3.23. The molecule has 1 heterocycles. The molecule has 0 bridgehead atoms. The van der Waals surface area contributed by atoms with Gasteiger partial charge in [0.1, 0.15) is 11.9 Å². The van der Waals surface area contributed by atoms with Crippen LogP contribution < -0.4 is 10.1 Å². The highest BCUT2D eigenvalue weighted by Crippen LogP contribution is 2.19. The molecule has 1 aliphatic heterocycles. The molecule has 0 spiro atoms. The van der Waals surface area contributed by atoms with Crippen LogP contribution in [0.3, 0.4) is 0 Å². The highest BCUT2D eigenvalue weighted by atomic mass is 16.5. The minimum atomic E-state index is 0.308. The molecule has 16 heavy (non-hydrogen) atoms. The van der Waals surface area contributed by atoms with Crippen molar-refractivity contribution in [1.82, 2.24) is 5.32 Å².